The predicted octanol–water partition coefficient (Wildman–Crippen LogP) is 5.57. The Bertz CT molecular complexity index is 1220. The van der Waals surface area contributed by atoms with E-state index in [1.54, 1.807) is 0 Å². The second-order valence-electron chi connectivity index (χ2n) is 8.35. The molecule has 30 heavy (non-hydrogen) atoms. The average molecular weight is 395 g/mol. The number of aromatic nitrogens is 3. The summed E-state index contributed by atoms with van der Waals surface area (Å²) < 4.78 is 2.11. The molecule has 0 aliphatic heterocycles. The molecule has 150 valence electrons. The standard InChI is InChI=1S/C26H26N4/c1-5-19-15-16-30-23(17-19)28-24(25(30)29-26(2,3)4)21-12-14-22(27-18-21)13-11-20-9-7-6-8-10-20/h6-10,12,14-18,29H,5H2,1-4H3. The summed E-state index contributed by atoms with van der Waals surface area (Å²) in [4.78, 5) is 9.48. The van der Waals surface area contributed by atoms with E-state index in [-0.39, 0.29) is 5.54 Å². The number of rotatable bonds is 3. The Morgan fingerprint density at radius 2 is 1.80 bits per heavy atom. The van der Waals surface area contributed by atoms with Gasteiger partial charge >= 0.3 is 0 Å². The molecule has 0 atom stereocenters. The third-order valence-corrected chi connectivity index (χ3v) is 4.74. The zero-order chi connectivity index (χ0) is 21.1. The van der Waals surface area contributed by atoms with Crippen LogP contribution in [-0.2, 0) is 6.42 Å². The van der Waals surface area contributed by atoms with E-state index in [0.29, 0.717) is 0 Å². The molecule has 0 saturated heterocycles. The highest BCUT2D eigenvalue weighted by molar-refractivity contribution is 5.77. The fourth-order valence-electron chi connectivity index (χ4n) is 3.25. The van der Waals surface area contributed by atoms with E-state index >= 15 is 0 Å². The lowest BCUT2D eigenvalue weighted by Crippen LogP contribution is -2.27. The van der Waals surface area contributed by atoms with Gasteiger partial charge < -0.3 is 5.32 Å². The molecule has 0 unspecified atom stereocenters. The normalized spacial score (nSPS) is 11.2. The Kier molecular flexibility index (Phi) is 5.29. The average Bonchev–Trinajstić information content (AvgIpc) is 3.09. The van der Waals surface area contributed by atoms with Gasteiger partial charge in [-0.25, -0.2) is 9.97 Å². The second-order valence-corrected chi connectivity index (χ2v) is 8.35. The molecule has 3 heterocycles. The third kappa shape index (κ3) is 4.36. The van der Waals surface area contributed by atoms with Gasteiger partial charge in [0, 0.05) is 29.1 Å². The fourth-order valence-corrected chi connectivity index (χ4v) is 3.25. The van der Waals surface area contributed by atoms with Gasteiger partial charge in [0.05, 0.1) is 0 Å². The number of imidazole rings is 1. The Hall–Kier alpha value is -3.58. The molecule has 0 amide bonds. The number of anilines is 1. The van der Waals surface area contributed by atoms with Crippen molar-refractivity contribution in [2.24, 2.45) is 0 Å². The van der Waals surface area contributed by atoms with Crippen LogP contribution in [0.15, 0.2) is 67.0 Å². The largest absolute Gasteiger partial charge is 0.365 e. The Labute approximate surface area is 178 Å². The van der Waals surface area contributed by atoms with Crippen LogP contribution in [0.3, 0.4) is 0 Å². The van der Waals surface area contributed by atoms with E-state index < -0.39 is 0 Å². The van der Waals surface area contributed by atoms with Crippen LogP contribution in [0.2, 0.25) is 0 Å². The highest BCUT2D eigenvalue weighted by Gasteiger charge is 2.19. The van der Waals surface area contributed by atoms with Gasteiger partial charge in [-0.1, -0.05) is 31.0 Å². The van der Waals surface area contributed by atoms with E-state index in [4.69, 9.17) is 4.98 Å². The van der Waals surface area contributed by atoms with Crippen molar-refractivity contribution in [1.82, 2.24) is 14.4 Å². The van der Waals surface area contributed by atoms with Crippen molar-refractivity contribution >= 4 is 11.5 Å². The maximum Gasteiger partial charge on any atom is 0.139 e. The number of aryl methyl sites for hydroxylation is 1. The van der Waals surface area contributed by atoms with E-state index in [0.717, 1.165) is 40.4 Å². The smallest absolute Gasteiger partial charge is 0.139 e. The van der Waals surface area contributed by atoms with Crippen LogP contribution >= 0.6 is 0 Å². The monoisotopic (exact) mass is 394 g/mol. The van der Waals surface area contributed by atoms with Crippen molar-refractivity contribution in [2.45, 2.75) is 39.7 Å². The lowest BCUT2D eigenvalue weighted by molar-refractivity contribution is 0.629. The van der Waals surface area contributed by atoms with Gasteiger partial charge in [-0.3, -0.25) is 4.40 Å². The molecule has 0 fully saturated rings. The van der Waals surface area contributed by atoms with E-state index in [2.05, 4.69) is 72.6 Å². The number of benzene rings is 1. The predicted molar refractivity (Wildman–Crippen MR) is 124 cm³/mol. The summed E-state index contributed by atoms with van der Waals surface area (Å²) >= 11 is 0. The van der Waals surface area contributed by atoms with Crippen LogP contribution in [0.4, 0.5) is 5.82 Å². The SMILES string of the molecule is CCc1ccn2c(NC(C)(C)C)c(-c3ccc(C#Cc4ccccc4)nc3)nc2c1. The van der Waals surface area contributed by atoms with Crippen molar-refractivity contribution in [1.29, 1.82) is 0 Å². The molecule has 0 bridgehead atoms. The van der Waals surface area contributed by atoms with Crippen LogP contribution in [0.1, 0.15) is 44.5 Å². The summed E-state index contributed by atoms with van der Waals surface area (Å²) in [5, 5.41) is 3.61. The van der Waals surface area contributed by atoms with Gasteiger partial charge in [0.1, 0.15) is 22.9 Å². The van der Waals surface area contributed by atoms with Crippen molar-refractivity contribution in [3.63, 3.8) is 0 Å². The number of hydrogen-bond donors (Lipinski definition) is 1. The van der Waals surface area contributed by atoms with Crippen molar-refractivity contribution in [3.8, 4) is 23.1 Å². The number of pyridine rings is 2. The zero-order valence-electron chi connectivity index (χ0n) is 17.9. The number of nitrogens with one attached hydrogen (secondary N) is 1. The fraction of sp³-hybridized carbons (Fsp3) is 0.231. The molecule has 0 aliphatic rings. The van der Waals surface area contributed by atoms with Gasteiger partial charge in [-0.15, -0.1) is 0 Å². The Morgan fingerprint density at radius 3 is 2.47 bits per heavy atom. The van der Waals surface area contributed by atoms with Crippen LogP contribution in [-0.4, -0.2) is 19.9 Å². The molecular formula is C26H26N4. The van der Waals surface area contributed by atoms with Crippen molar-refractivity contribution < 1.29 is 0 Å². The second kappa shape index (κ2) is 8.04. The minimum absolute atomic E-state index is 0.0946. The summed E-state index contributed by atoms with van der Waals surface area (Å²) in [6, 6.07) is 18.2. The Morgan fingerprint density at radius 1 is 1.00 bits per heavy atom. The van der Waals surface area contributed by atoms with Crippen molar-refractivity contribution in [3.05, 3.63) is 83.8 Å². The summed E-state index contributed by atoms with van der Waals surface area (Å²) in [7, 11) is 0. The van der Waals surface area contributed by atoms with E-state index in [1.807, 2.05) is 48.7 Å². The maximum absolute atomic E-state index is 4.92. The third-order valence-electron chi connectivity index (χ3n) is 4.74. The lowest BCUT2D eigenvalue weighted by atomic mass is 10.1. The molecule has 4 heteroatoms. The Balaban J connectivity index is 1.73. The van der Waals surface area contributed by atoms with Crippen LogP contribution < -0.4 is 5.32 Å². The van der Waals surface area contributed by atoms with E-state index in [1.165, 1.54) is 5.56 Å². The minimum Gasteiger partial charge on any atom is -0.365 e. The molecule has 4 aromatic rings. The van der Waals surface area contributed by atoms with Gasteiger partial charge in [-0.05, 0) is 75.1 Å². The quantitative estimate of drug-likeness (QED) is 0.462. The van der Waals surface area contributed by atoms with Crippen molar-refractivity contribution in [2.75, 3.05) is 5.32 Å². The zero-order valence-corrected chi connectivity index (χ0v) is 17.9. The highest BCUT2D eigenvalue weighted by Crippen LogP contribution is 2.31. The molecule has 3 aromatic heterocycles. The molecule has 4 nitrogen and oxygen atoms in total. The molecule has 0 aliphatic carbocycles. The summed E-state index contributed by atoms with van der Waals surface area (Å²) in [5.74, 6) is 7.26. The molecule has 0 radical (unpaired) electrons. The highest BCUT2D eigenvalue weighted by atomic mass is 15.2. The van der Waals surface area contributed by atoms with Gasteiger partial charge in [0.2, 0.25) is 0 Å². The minimum atomic E-state index is -0.0946. The molecule has 1 aromatic carbocycles. The van der Waals surface area contributed by atoms with E-state index in [9.17, 15) is 0 Å². The molecule has 1 N–H and O–H groups in total. The summed E-state index contributed by atoms with van der Waals surface area (Å²) in [5.41, 5.74) is 5.69. The first kappa shape index (κ1) is 19.7. The lowest BCUT2D eigenvalue weighted by Gasteiger charge is -2.22. The van der Waals surface area contributed by atoms with Crippen LogP contribution in [0.5, 0.6) is 0 Å². The molecular weight excluding hydrogens is 368 g/mol. The summed E-state index contributed by atoms with van der Waals surface area (Å²) in [6.45, 7) is 8.61. The number of hydrogen-bond acceptors (Lipinski definition) is 3. The van der Waals surface area contributed by atoms with Gasteiger partial charge in [0.15, 0.2) is 0 Å². The first-order chi connectivity index (χ1) is 14.4. The first-order valence-electron chi connectivity index (χ1n) is 10.3. The molecule has 0 saturated carbocycles. The van der Waals surface area contributed by atoms with Crippen LogP contribution in [0, 0.1) is 11.8 Å². The first-order valence-corrected chi connectivity index (χ1v) is 10.3. The van der Waals surface area contributed by atoms with Gasteiger partial charge in [0.25, 0.3) is 0 Å². The van der Waals surface area contributed by atoms with Crippen LogP contribution in [0.25, 0.3) is 16.9 Å². The molecule has 4 rings (SSSR count). The number of nitrogens with zero attached hydrogens (tertiary/aromatic N) is 3. The van der Waals surface area contributed by atoms with Gasteiger partial charge in [-0.2, -0.15) is 0 Å². The molecule has 0 spiro atoms. The number of fused-ring (bicyclic) bond motifs is 1. The maximum atomic E-state index is 4.92. The topological polar surface area (TPSA) is 42.2 Å². The summed E-state index contributed by atoms with van der Waals surface area (Å²) in [6.07, 6.45) is 4.92.